The number of halogens is 3. The van der Waals surface area contributed by atoms with Crippen molar-refractivity contribution in [3.63, 3.8) is 0 Å². The molecule has 0 spiro atoms. The standard InChI is InChI=1S/C25H26F3N7O3/c1-17-30-23(24-31-22(33-38-24)19-4-6-21(7-5-19)37-25(26,27)28)32-35(17)16-18-8-9-29-20(15-18)3-2-10-34-11-13-36-14-12-34/h4-9,15H,2-3,10-14,16H2,1H3. The molecule has 1 saturated heterocycles. The fourth-order valence-corrected chi connectivity index (χ4v) is 4.14. The van der Waals surface area contributed by atoms with Gasteiger partial charge in [0.15, 0.2) is 0 Å². The van der Waals surface area contributed by atoms with Crippen LogP contribution in [0.25, 0.3) is 23.1 Å². The summed E-state index contributed by atoms with van der Waals surface area (Å²) in [5, 5.41) is 8.42. The monoisotopic (exact) mass is 529 g/mol. The van der Waals surface area contributed by atoms with Gasteiger partial charge in [-0.3, -0.25) is 9.88 Å². The molecule has 13 heteroatoms. The van der Waals surface area contributed by atoms with E-state index in [-0.39, 0.29) is 23.3 Å². The molecule has 1 fully saturated rings. The van der Waals surface area contributed by atoms with Crippen molar-refractivity contribution in [2.75, 3.05) is 32.8 Å². The Hall–Kier alpha value is -3.84. The molecule has 0 bridgehead atoms. The van der Waals surface area contributed by atoms with Gasteiger partial charge >= 0.3 is 6.36 Å². The Bertz CT molecular complexity index is 1350. The van der Waals surface area contributed by atoms with Gasteiger partial charge in [-0.2, -0.15) is 4.98 Å². The van der Waals surface area contributed by atoms with Crippen molar-refractivity contribution in [3.8, 4) is 28.9 Å². The van der Waals surface area contributed by atoms with E-state index in [1.165, 1.54) is 24.3 Å². The molecule has 0 saturated carbocycles. The number of aryl methyl sites for hydroxylation is 2. The van der Waals surface area contributed by atoms with E-state index in [1.807, 2.05) is 19.2 Å². The van der Waals surface area contributed by atoms with Crippen molar-refractivity contribution < 1.29 is 27.2 Å². The van der Waals surface area contributed by atoms with Crippen LogP contribution in [-0.4, -0.2) is 74.0 Å². The minimum absolute atomic E-state index is 0.107. The highest BCUT2D eigenvalue weighted by molar-refractivity contribution is 5.57. The SMILES string of the molecule is Cc1nc(-c2nc(-c3ccc(OC(F)(F)F)cc3)no2)nn1Cc1ccnc(CCCN2CCOCC2)c1. The average Bonchev–Trinajstić information content (AvgIpc) is 3.52. The number of benzene rings is 1. The predicted molar refractivity (Wildman–Crippen MR) is 129 cm³/mol. The summed E-state index contributed by atoms with van der Waals surface area (Å²) < 4.78 is 53.5. The van der Waals surface area contributed by atoms with E-state index in [9.17, 15) is 13.2 Å². The largest absolute Gasteiger partial charge is 0.573 e. The number of nitrogens with zero attached hydrogens (tertiary/aromatic N) is 7. The molecule has 4 heterocycles. The van der Waals surface area contributed by atoms with Gasteiger partial charge in [0.2, 0.25) is 11.6 Å². The molecule has 38 heavy (non-hydrogen) atoms. The molecular formula is C25H26F3N7O3. The van der Waals surface area contributed by atoms with E-state index in [1.54, 1.807) is 4.68 Å². The Morgan fingerprint density at radius 3 is 2.58 bits per heavy atom. The lowest BCUT2D eigenvalue weighted by atomic mass is 10.1. The maximum Gasteiger partial charge on any atom is 0.573 e. The first-order valence-electron chi connectivity index (χ1n) is 12.2. The van der Waals surface area contributed by atoms with Crippen LogP contribution < -0.4 is 4.74 Å². The third-order valence-corrected chi connectivity index (χ3v) is 6.04. The van der Waals surface area contributed by atoms with Gasteiger partial charge in [0.1, 0.15) is 11.6 Å². The number of alkyl halides is 3. The van der Waals surface area contributed by atoms with Crippen molar-refractivity contribution in [3.05, 3.63) is 59.7 Å². The van der Waals surface area contributed by atoms with Gasteiger partial charge in [0.05, 0.1) is 19.8 Å². The summed E-state index contributed by atoms with van der Waals surface area (Å²) in [5.74, 6) is 0.897. The summed E-state index contributed by atoms with van der Waals surface area (Å²) in [4.78, 5) is 15.7. The van der Waals surface area contributed by atoms with Gasteiger partial charge in [-0.15, -0.1) is 18.3 Å². The second-order valence-electron chi connectivity index (χ2n) is 8.85. The van der Waals surface area contributed by atoms with Crippen LogP contribution in [0.3, 0.4) is 0 Å². The molecule has 1 aliphatic rings. The van der Waals surface area contributed by atoms with Crippen molar-refractivity contribution in [2.45, 2.75) is 32.7 Å². The highest BCUT2D eigenvalue weighted by Gasteiger charge is 2.31. The van der Waals surface area contributed by atoms with Gasteiger partial charge in [0.25, 0.3) is 5.89 Å². The maximum absolute atomic E-state index is 12.4. The molecule has 0 unspecified atom stereocenters. The molecule has 1 aliphatic heterocycles. The Labute approximate surface area is 216 Å². The Balaban J connectivity index is 1.21. The van der Waals surface area contributed by atoms with Gasteiger partial charge in [-0.25, -0.2) is 9.67 Å². The van der Waals surface area contributed by atoms with Crippen LogP contribution in [0.1, 0.15) is 23.5 Å². The topological polar surface area (TPSA) is 104 Å². The lowest BCUT2D eigenvalue weighted by Crippen LogP contribution is -2.36. The van der Waals surface area contributed by atoms with Crippen LogP contribution in [0.5, 0.6) is 5.75 Å². The second kappa shape index (κ2) is 11.3. The normalized spacial score (nSPS) is 14.6. The molecule has 1 aromatic carbocycles. The van der Waals surface area contributed by atoms with Crippen molar-refractivity contribution in [1.82, 2.24) is 34.8 Å². The Kier molecular flexibility index (Phi) is 7.65. The number of aromatic nitrogens is 6. The summed E-state index contributed by atoms with van der Waals surface area (Å²) in [6, 6.07) is 9.22. The molecule has 4 aromatic rings. The molecule has 0 aliphatic carbocycles. The number of pyridine rings is 1. The van der Waals surface area contributed by atoms with Crippen molar-refractivity contribution in [2.24, 2.45) is 0 Å². The van der Waals surface area contributed by atoms with Crippen LogP contribution in [0.2, 0.25) is 0 Å². The summed E-state index contributed by atoms with van der Waals surface area (Å²) in [6.07, 6.45) is -1.03. The second-order valence-corrected chi connectivity index (χ2v) is 8.85. The lowest BCUT2D eigenvalue weighted by Gasteiger charge is -2.26. The highest BCUT2D eigenvalue weighted by atomic mass is 19.4. The fraction of sp³-hybridized carbons (Fsp3) is 0.400. The smallest absolute Gasteiger partial charge is 0.406 e. The number of morpholine rings is 1. The zero-order valence-electron chi connectivity index (χ0n) is 20.7. The molecular weight excluding hydrogens is 503 g/mol. The molecule has 5 rings (SSSR count). The quantitative estimate of drug-likeness (QED) is 0.319. The number of rotatable bonds is 9. The van der Waals surface area contributed by atoms with Crippen molar-refractivity contribution in [1.29, 1.82) is 0 Å². The predicted octanol–water partition coefficient (Wildman–Crippen LogP) is 3.91. The van der Waals surface area contributed by atoms with E-state index >= 15 is 0 Å². The first kappa shape index (κ1) is 25.8. The number of hydrogen-bond acceptors (Lipinski definition) is 9. The first-order chi connectivity index (χ1) is 18.3. The first-order valence-corrected chi connectivity index (χ1v) is 12.2. The minimum Gasteiger partial charge on any atom is -0.406 e. The van der Waals surface area contributed by atoms with E-state index in [0.29, 0.717) is 17.9 Å². The van der Waals surface area contributed by atoms with Crippen LogP contribution in [0, 0.1) is 6.92 Å². The van der Waals surface area contributed by atoms with E-state index < -0.39 is 6.36 Å². The summed E-state index contributed by atoms with van der Waals surface area (Å²) in [7, 11) is 0. The molecule has 0 atom stereocenters. The summed E-state index contributed by atoms with van der Waals surface area (Å²) in [6.45, 7) is 6.91. The van der Waals surface area contributed by atoms with Crippen LogP contribution in [0.4, 0.5) is 13.2 Å². The maximum atomic E-state index is 12.4. The van der Waals surface area contributed by atoms with Crippen molar-refractivity contribution >= 4 is 0 Å². The minimum atomic E-state index is -4.76. The van der Waals surface area contributed by atoms with Gasteiger partial charge in [0, 0.05) is 30.5 Å². The van der Waals surface area contributed by atoms with E-state index in [0.717, 1.165) is 56.9 Å². The average molecular weight is 530 g/mol. The van der Waals surface area contributed by atoms with Crippen LogP contribution in [-0.2, 0) is 17.7 Å². The molecule has 10 nitrogen and oxygen atoms in total. The van der Waals surface area contributed by atoms with Crippen LogP contribution >= 0.6 is 0 Å². The van der Waals surface area contributed by atoms with E-state index in [2.05, 4.69) is 40.9 Å². The van der Waals surface area contributed by atoms with Gasteiger partial charge in [-0.05, 0) is 68.3 Å². The Morgan fingerprint density at radius 2 is 1.82 bits per heavy atom. The molecule has 200 valence electrons. The highest BCUT2D eigenvalue weighted by Crippen LogP contribution is 2.26. The zero-order valence-corrected chi connectivity index (χ0v) is 20.7. The third-order valence-electron chi connectivity index (χ3n) is 6.04. The van der Waals surface area contributed by atoms with Crippen LogP contribution in [0.15, 0.2) is 47.1 Å². The molecule has 0 amide bonds. The number of hydrogen-bond donors (Lipinski definition) is 0. The van der Waals surface area contributed by atoms with Gasteiger partial charge < -0.3 is 14.0 Å². The van der Waals surface area contributed by atoms with E-state index in [4.69, 9.17) is 9.26 Å². The Morgan fingerprint density at radius 1 is 1.03 bits per heavy atom. The third kappa shape index (κ3) is 6.72. The number of ether oxygens (including phenoxy) is 2. The molecule has 0 N–H and O–H groups in total. The lowest BCUT2D eigenvalue weighted by molar-refractivity contribution is -0.274. The fourth-order valence-electron chi connectivity index (χ4n) is 4.14. The summed E-state index contributed by atoms with van der Waals surface area (Å²) >= 11 is 0. The summed E-state index contributed by atoms with van der Waals surface area (Å²) in [5.41, 5.74) is 2.54. The zero-order chi connectivity index (χ0) is 26.5. The van der Waals surface area contributed by atoms with Gasteiger partial charge in [-0.1, -0.05) is 5.16 Å². The molecule has 0 radical (unpaired) electrons. The molecule has 3 aromatic heterocycles.